The summed E-state index contributed by atoms with van der Waals surface area (Å²) < 4.78 is 35.8. The number of aromatic nitrogens is 2. The van der Waals surface area contributed by atoms with Gasteiger partial charge in [0.05, 0.1) is 23.9 Å². The smallest absolute Gasteiger partial charge is 0.261 e. The van der Waals surface area contributed by atoms with Crippen molar-refractivity contribution in [2.75, 3.05) is 7.11 Å². The molecule has 36 heavy (non-hydrogen) atoms. The van der Waals surface area contributed by atoms with Crippen LogP contribution in [0, 0.1) is 28.9 Å². The molecule has 0 aliphatic rings. The molecular formula is C29H33F2N3O2. The zero-order chi connectivity index (χ0) is 26.4. The van der Waals surface area contributed by atoms with E-state index in [-0.39, 0.29) is 34.0 Å². The highest BCUT2D eigenvalue weighted by Crippen LogP contribution is 2.34. The van der Waals surface area contributed by atoms with Crippen LogP contribution in [-0.2, 0) is 7.05 Å². The van der Waals surface area contributed by atoms with Gasteiger partial charge in [-0.15, -0.1) is 0 Å². The Kier molecular flexibility index (Phi) is 8.98. The molecule has 2 aromatic carbocycles. The van der Waals surface area contributed by atoms with Gasteiger partial charge in [0, 0.05) is 18.5 Å². The first kappa shape index (κ1) is 27.1. The minimum Gasteiger partial charge on any atom is -0.494 e. The molecule has 0 spiro atoms. The largest absolute Gasteiger partial charge is 0.494 e. The molecule has 0 N–H and O–H groups in total. The van der Waals surface area contributed by atoms with E-state index in [1.165, 1.54) is 35.9 Å². The molecule has 0 fully saturated rings. The van der Waals surface area contributed by atoms with Gasteiger partial charge < -0.3 is 4.74 Å². The van der Waals surface area contributed by atoms with E-state index in [2.05, 4.69) is 20.8 Å². The summed E-state index contributed by atoms with van der Waals surface area (Å²) in [6.07, 6.45) is 4.74. The van der Waals surface area contributed by atoms with Gasteiger partial charge in [0.2, 0.25) is 0 Å². The minimum absolute atomic E-state index is 0.0510. The van der Waals surface area contributed by atoms with Crippen LogP contribution >= 0.6 is 0 Å². The van der Waals surface area contributed by atoms with Gasteiger partial charge in [-0.25, -0.2) is 13.8 Å². The molecule has 190 valence electrons. The number of nitrogens with zero attached hydrogens (tertiary/aromatic N) is 3. The summed E-state index contributed by atoms with van der Waals surface area (Å²) in [4.78, 5) is 18.7. The molecule has 0 bridgehead atoms. The number of halogens is 2. The van der Waals surface area contributed by atoms with E-state index in [1.807, 2.05) is 6.07 Å². The lowest BCUT2D eigenvalue weighted by molar-refractivity contribution is 0.386. The highest BCUT2D eigenvalue weighted by Gasteiger charge is 2.24. The number of methoxy groups -OCH3 is 1. The van der Waals surface area contributed by atoms with Crippen LogP contribution in [0.2, 0.25) is 0 Å². The monoisotopic (exact) mass is 493 g/mol. The fraction of sp³-hybridized carbons (Fsp3) is 0.414. The van der Waals surface area contributed by atoms with Gasteiger partial charge in [0.15, 0.2) is 11.6 Å². The topological polar surface area (TPSA) is 67.9 Å². The van der Waals surface area contributed by atoms with E-state index in [9.17, 15) is 13.6 Å². The van der Waals surface area contributed by atoms with E-state index in [1.54, 1.807) is 19.2 Å². The maximum absolute atomic E-state index is 14.6. The molecule has 1 heterocycles. The van der Waals surface area contributed by atoms with E-state index < -0.39 is 11.6 Å². The summed E-state index contributed by atoms with van der Waals surface area (Å²) in [6, 6.07) is 10.2. The molecule has 5 nitrogen and oxygen atoms in total. The Morgan fingerprint density at radius 2 is 1.75 bits per heavy atom. The molecule has 3 aromatic rings. The van der Waals surface area contributed by atoms with Crippen LogP contribution in [0.5, 0.6) is 5.75 Å². The number of ether oxygens (including phenoxy) is 1. The molecule has 1 atom stereocenters. The van der Waals surface area contributed by atoms with Crippen molar-refractivity contribution in [2.45, 2.75) is 58.8 Å². The molecule has 3 rings (SSSR count). The van der Waals surface area contributed by atoms with Crippen LogP contribution in [-0.4, -0.2) is 16.7 Å². The summed E-state index contributed by atoms with van der Waals surface area (Å²) >= 11 is 0. The lowest BCUT2D eigenvalue weighted by Gasteiger charge is -2.22. The van der Waals surface area contributed by atoms with E-state index in [4.69, 9.17) is 15.0 Å². The van der Waals surface area contributed by atoms with Crippen LogP contribution < -0.4 is 10.3 Å². The second kappa shape index (κ2) is 11.9. The number of hydrogen-bond donors (Lipinski definition) is 0. The first-order valence-corrected chi connectivity index (χ1v) is 12.4. The average Bonchev–Trinajstić information content (AvgIpc) is 2.84. The van der Waals surface area contributed by atoms with Gasteiger partial charge in [-0.05, 0) is 48.6 Å². The van der Waals surface area contributed by atoms with Crippen molar-refractivity contribution in [1.29, 1.82) is 5.26 Å². The maximum atomic E-state index is 14.6. The normalized spacial score (nSPS) is 12.0. The van der Waals surface area contributed by atoms with Gasteiger partial charge in [-0.3, -0.25) is 9.36 Å². The van der Waals surface area contributed by atoms with Gasteiger partial charge in [-0.1, -0.05) is 52.2 Å². The van der Waals surface area contributed by atoms with Crippen molar-refractivity contribution < 1.29 is 13.5 Å². The van der Waals surface area contributed by atoms with Crippen molar-refractivity contribution in [3.05, 3.63) is 69.8 Å². The fourth-order valence-electron chi connectivity index (χ4n) is 4.55. The van der Waals surface area contributed by atoms with Gasteiger partial charge in [0.25, 0.3) is 5.56 Å². The predicted octanol–water partition coefficient (Wildman–Crippen LogP) is 6.98. The second-order valence-corrected chi connectivity index (χ2v) is 9.52. The average molecular weight is 494 g/mol. The van der Waals surface area contributed by atoms with E-state index in [0.717, 1.165) is 32.1 Å². The first-order valence-electron chi connectivity index (χ1n) is 12.4. The van der Waals surface area contributed by atoms with Crippen molar-refractivity contribution in [1.82, 2.24) is 9.55 Å². The molecule has 7 heteroatoms. The molecular weight excluding hydrogens is 460 g/mol. The SMILES string of the molecule is CCCC(CCCC(C)C)c1nc(-c2ccc(C#N)c(F)c2)c(-c2ccc(OC)c(F)c2)c(=O)n1C. The van der Waals surface area contributed by atoms with Crippen molar-refractivity contribution in [3.63, 3.8) is 0 Å². The second-order valence-electron chi connectivity index (χ2n) is 9.52. The molecule has 0 saturated heterocycles. The fourth-order valence-corrected chi connectivity index (χ4v) is 4.55. The van der Waals surface area contributed by atoms with Gasteiger partial charge >= 0.3 is 0 Å². The minimum atomic E-state index is -0.701. The van der Waals surface area contributed by atoms with Crippen LogP contribution in [0.25, 0.3) is 22.4 Å². The quantitative estimate of drug-likeness (QED) is 0.305. The third kappa shape index (κ3) is 5.81. The lowest BCUT2D eigenvalue weighted by Crippen LogP contribution is -2.27. The van der Waals surface area contributed by atoms with Gasteiger partial charge in [-0.2, -0.15) is 5.26 Å². The Bertz CT molecular complexity index is 1330. The molecule has 0 saturated carbocycles. The third-order valence-electron chi connectivity index (χ3n) is 6.47. The summed E-state index contributed by atoms with van der Waals surface area (Å²) in [5.41, 5.74) is 0.677. The zero-order valence-corrected chi connectivity index (χ0v) is 21.6. The molecule has 1 unspecified atom stereocenters. The Morgan fingerprint density at radius 1 is 1.06 bits per heavy atom. The summed E-state index contributed by atoms with van der Waals surface area (Å²) in [5.74, 6) is -0.00498. The Morgan fingerprint density at radius 3 is 2.33 bits per heavy atom. The first-order chi connectivity index (χ1) is 17.2. The Hall–Kier alpha value is -3.53. The predicted molar refractivity (Wildman–Crippen MR) is 138 cm³/mol. The molecule has 0 aliphatic heterocycles. The maximum Gasteiger partial charge on any atom is 0.261 e. The van der Waals surface area contributed by atoms with E-state index >= 15 is 0 Å². The summed E-state index contributed by atoms with van der Waals surface area (Å²) in [6.45, 7) is 6.46. The van der Waals surface area contributed by atoms with Gasteiger partial charge in [0.1, 0.15) is 17.7 Å². The zero-order valence-electron chi connectivity index (χ0n) is 21.6. The van der Waals surface area contributed by atoms with Crippen LogP contribution in [0.3, 0.4) is 0 Å². The molecule has 0 radical (unpaired) electrons. The Labute approximate surface area is 211 Å². The molecule has 0 amide bonds. The van der Waals surface area contributed by atoms with Crippen LogP contribution in [0.1, 0.15) is 70.2 Å². The molecule has 0 aliphatic carbocycles. The molecule has 1 aromatic heterocycles. The number of rotatable bonds is 10. The highest BCUT2D eigenvalue weighted by molar-refractivity contribution is 5.80. The van der Waals surface area contributed by atoms with E-state index in [0.29, 0.717) is 22.9 Å². The highest BCUT2D eigenvalue weighted by atomic mass is 19.1. The van der Waals surface area contributed by atoms with Crippen molar-refractivity contribution in [3.8, 4) is 34.2 Å². The third-order valence-corrected chi connectivity index (χ3v) is 6.47. The number of hydrogen-bond acceptors (Lipinski definition) is 4. The van der Waals surface area contributed by atoms with Crippen LogP contribution in [0.15, 0.2) is 41.2 Å². The summed E-state index contributed by atoms with van der Waals surface area (Å²) in [5, 5.41) is 9.16. The van der Waals surface area contributed by atoms with Crippen molar-refractivity contribution in [2.24, 2.45) is 13.0 Å². The number of benzene rings is 2. The Balaban J connectivity index is 2.27. The van der Waals surface area contributed by atoms with Crippen molar-refractivity contribution >= 4 is 0 Å². The standard InChI is InChI=1S/C29H33F2N3O2/c1-6-8-19(10-7-9-18(2)3)28-33-27(21-11-12-22(17-32)23(30)16-21)26(29(35)34(28)4)20-13-14-25(36-5)24(31)15-20/h11-16,18-19H,6-10H2,1-5H3. The van der Waals surface area contributed by atoms with Crippen LogP contribution in [0.4, 0.5) is 8.78 Å². The number of nitriles is 1. The lowest BCUT2D eigenvalue weighted by atomic mass is 9.92. The summed E-state index contributed by atoms with van der Waals surface area (Å²) in [7, 11) is 3.05.